The molecule has 3 heterocycles. The van der Waals surface area contributed by atoms with E-state index in [-0.39, 0.29) is 40.7 Å². The fourth-order valence-electron chi connectivity index (χ4n) is 5.68. The van der Waals surface area contributed by atoms with Gasteiger partial charge in [0, 0.05) is 23.3 Å². The van der Waals surface area contributed by atoms with E-state index in [9.17, 15) is 8.78 Å². The Morgan fingerprint density at radius 3 is 2.45 bits per heavy atom. The first-order valence-electron chi connectivity index (χ1n) is 13.4. The first-order valence-corrected chi connectivity index (χ1v) is 13.4. The second-order valence-corrected chi connectivity index (χ2v) is 10.7. The van der Waals surface area contributed by atoms with Crippen LogP contribution in [0.25, 0.3) is 11.3 Å². The molecule has 9 heteroatoms. The van der Waals surface area contributed by atoms with Gasteiger partial charge in [-0.15, -0.1) is 0 Å². The molecular weight excluding hydrogens is 491 g/mol. The third-order valence-electron chi connectivity index (χ3n) is 7.84. The Morgan fingerprint density at radius 1 is 0.947 bits per heavy atom. The molecule has 2 fully saturated rings. The zero-order valence-corrected chi connectivity index (χ0v) is 21.7. The van der Waals surface area contributed by atoms with E-state index in [0.717, 1.165) is 43.7 Å². The number of rotatable bonds is 6. The van der Waals surface area contributed by atoms with Crippen LogP contribution < -0.4 is 15.0 Å². The van der Waals surface area contributed by atoms with Crippen molar-refractivity contribution in [2.45, 2.75) is 57.5 Å². The topological polar surface area (TPSA) is 53.5 Å². The summed E-state index contributed by atoms with van der Waals surface area (Å²) in [4.78, 5) is 12.9. The normalized spacial score (nSPS) is 18.4. The number of anilines is 3. The summed E-state index contributed by atoms with van der Waals surface area (Å²) >= 11 is 0. The largest absolute Gasteiger partial charge is 0.486 e. The van der Waals surface area contributed by atoms with E-state index >= 15 is 4.39 Å². The lowest BCUT2D eigenvalue weighted by atomic mass is 9.89. The maximum Gasteiger partial charge on any atom is 0.227 e. The highest BCUT2D eigenvalue weighted by Crippen LogP contribution is 2.40. The van der Waals surface area contributed by atoms with Gasteiger partial charge in [0.05, 0.1) is 18.4 Å². The molecule has 0 unspecified atom stereocenters. The molecule has 0 spiro atoms. The van der Waals surface area contributed by atoms with Crippen molar-refractivity contribution < 1.29 is 17.9 Å². The van der Waals surface area contributed by atoms with Crippen LogP contribution in [0.4, 0.5) is 30.5 Å². The molecule has 1 aromatic heterocycles. The van der Waals surface area contributed by atoms with Crippen molar-refractivity contribution in [2.75, 3.05) is 36.5 Å². The minimum atomic E-state index is -0.679. The molecule has 38 heavy (non-hydrogen) atoms. The minimum absolute atomic E-state index is 0.0435. The molecule has 1 aliphatic carbocycles. The highest BCUT2D eigenvalue weighted by molar-refractivity contribution is 5.73. The molecule has 0 bridgehead atoms. The first-order chi connectivity index (χ1) is 18.4. The molecule has 2 aliphatic heterocycles. The number of aromatic nitrogens is 2. The number of benzene rings is 2. The Hall–Kier alpha value is -3.33. The number of fused-ring (bicyclic) bond motifs is 1. The van der Waals surface area contributed by atoms with Crippen molar-refractivity contribution in [1.82, 2.24) is 14.9 Å². The summed E-state index contributed by atoms with van der Waals surface area (Å²) in [6.45, 7) is 7.04. The number of likely N-dealkylation sites (tertiary alicyclic amines) is 1. The van der Waals surface area contributed by atoms with Gasteiger partial charge in [-0.3, -0.25) is 0 Å². The summed E-state index contributed by atoms with van der Waals surface area (Å²) < 4.78 is 50.4. The number of hydrogen-bond donors (Lipinski definition) is 1. The fraction of sp³-hybridized carbons (Fsp3) is 0.448. The number of halogens is 3. The number of nitrogens with one attached hydrogen (secondary N) is 1. The van der Waals surface area contributed by atoms with Gasteiger partial charge >= 0.3 is 0 Å². The third kappa shape index (κ3) is 4.91. The summed E-state index contributed by atoms with van der Waals surface area (Å²) in [6, 6.07) is 8.83. The summed E-state index contributed by atoms with van der Waals surface area (Å²) in [5, 5.41) is 2.98. The average Bonchev–Trinajstić information content (AvgIpc) is 3.75. The van der Waals surface area contributed by atoms with Gasteiger partial charge in [0.2, 0.25) is 5.95 Å². The smallest absolute Gasteiger partial charge is 0.227 e. The summed E-state index contributed by atoms with van der Waals surface area (Å²) in [5.74, 6) is -1.05. The predicted molar refractivity (Wildman–Crippen MR) is 142 cm³/mol. The van der Waals surface area contributed by atoms with Gasteiger partial charge in [0.15, 0.2) is 17.4 Å². The molecule has 1 saturated heterocycles. The second kappa shape index (κ2) is 10.1. The Kier molecular flexibility index (Phi) is 6.63. The zero-order chi connectivity index (χ0) is 26.4. The number of hydrogen-bond acceptors (Lipinski definition) is 6. The average molecular weight is 524 g/mol. The van der Waals surface area contributed by atoms with Crippen molar-refractivity contribution in [3.8, 4) is 17.0 Å². The van der Waals surface area contributed by atoms with Gasteiger partial charge in [0.25, 0.3) is 0 Å². The van der Waals surface area contributed by atoms with Gasteiger partial charge in [-0.25, -0.2) is 23.1 Å². The molecule has 200 valence electrons. The van der Waals surface area contributed by atoms with Crippen LogP contribution in [0, 0.1) is 17.5 Å². The first kappa shape index (κ1) is 25.0. The van der Waals surface area contributed by atoms with E-state index in [4.69, 9.17) is 4.74 Å². The van der Waals surface area contributed by atoms with E-state index < -0.39 is 11.6 Å². The minimum Gasteiger partial charge on any atom is -0.486 e. The zero-order valence-electron chi connectivity index (χ0n) is 21.7. The molecule has 1 saturated carbocycles. The Labute approximate surface area is 220 Å². The SMILES string of the molecule is CC(C)N1CCOc2c(F)cc(-c3nc(Nc4ccc(C5CCN(C6CC6)CC5)c(F)c4)ncc3F)cc21. The predicted octanol–water partition coefficient (Wildman–Crippen LogP) is 6.25. The van der Waals surface area contributed by atoms with Crippen LogP contribution in [0.2, 0.25) is 0 Å². The summed E-state index contributed by atoms with van der Waals surface area (Å²) in [5.41, 5.74) is 2.00. The molecule has 0 amide bonds. The second-order valence-electron chi connectivity index (χ2n) is 10.7. The standard InChI is InChI=1S/C29H32F3N5O/c1-17(2)37-11-12-38-28-24(31)13-19(14-26(28)37)27-25(32)16-33-29(35-27)34-20-3-6-22(23(30)15-20)18-7-9-36(10-8-18)21-4-5-21/h3,6,13-18,21H,4-5,7-12H2,1-2H3,(H,33,34,35). The van der Waals surface area contributed by atoms with Crippen molar-refractivity contribution in [3.05, 3.63) is 59.5 Å². The number of piperidine rings is 1. The van der Waals surface area contributed by atoms with Crippen LogP contribution in [0.15, 0.2) is 36.5 Å². The molecule has 0 radical (unpaired) electrons. The Morgan fingerprint density at radius 2 is 1.74 bits per heavy atom. The molecule has 6 nitrogen and oxygen atoms in total. The molecule has 0 atom stereocenters. The van der Waals surface area contributed by atoms with Crippen molar-refractivity contribution in [1.29, 1.82) is 0 Å². The highest BCUT2D eigenvalue weighted by Gasteiger charge is 2.33. The quantitative estimate of drug-likeness (QED) is 0.412. The van der Waals surface area contributed by atoms with E-state index in [0.29, 0.717) is 24.5 Å². The van der Waals surface area contributed by atoms with Crippen molar-refractivity contribution >= 4 is 17.3 Å². The van der Waals surface area contributed by atoms with Crippen molar-refractivity contribution in [2.24, 2.45) is 0 Å². The Balaban J connectivity index is 1.22. The monoisotopic (exact) mass is 523 g/mol. The van der Waals surface area contributed by atoms with Crippen LogP contribution in [0.1, 0.15) is 51.0 Å². The number of ether oxygens (including phenoxy) is 1. The number of nitrogens with zero attached hydrogens (tertiary/aromatic N) is 4. The third-order valence-corrected chi connectivity index (χ3v) is 7.84. The molecule has 1 N–H and O–H groups in total. The van der Waals surface area contributed by atoms with Crippen LogP contribution >= 0.6 is 0 Å². The molecular formula is C29H32F3N5O. The molecule has 6 rings (SSSR count). The van der Waals surface area contributed by atoms with Gasteiger partial charge < -0.3 is 19.9 Å². The summed E-state index contributed by atoms with van der Waals surface area (Å²) in [7, 11) is 0. The van der Waals surface area contributed by atoms with Gasteiger partial charge in [0.1, 0.15) is 18.1 Å². The molecule has 3 aromatic rings. The molecule has 2 aromatic carbocycles. The lowest BCUT2D eigenvalue weighted by Crippen LogP contribution is -2.38. The van der Waals surface area contributed by atoms with Crippen LogP contribution in [-0.2, 0) is 0 Å². The van der Waals surface area contributed by atoms with E-state index in [2.05, 4.69) is 20.2 Å². The van der Waals surface area contributed by atoms with Crippen LogP contribution in [0.3, 0.4) is 0 Å². The van der Waals surface area contributed by atoms with Gasteiger partial charge in [-0.2, -0.15) is 0 Å². The van der Waals surface area contributed by atoms with Gasteiger partial charge in [-0.05, 0) is 88.4 Å². The summed E-state index contributed by atoms with van der Waals surface area (Å²) in [6.07, 6.45) is 5.54. The highest BCUT2D eigenvalue weighted by atomic mass is 19.1. The fourth-order valence-corrected chi connectivity index (χ4v) is 5.68. The maximum atomic E-state index is 15.1. The Bertz CT molecular complexity index is 1340. The molecule has 3 aliphatic rings. The van der Waals surface area contributed by atoms with Crippen LogP contribution in [-0.4, -0.2) is 53.2 Å². The van der Waals surface area contributed by atoms with Crippen molar-refractivity contribution in [3.63, 3.8) is 0 Å². The lowest BCUT2D eigenvalue weighted by molar-refractivity contribution is 0.202. The van der Waals surface area contributed by atoms with Crippen LogP contribution in [0.5, 0.6) is 5.75 Å². The lowest BCUT2D eigenvalue weighted by Gasteiger charge is -2.34. The van der Waals surface area contributed by atoms with E-state index in [1.807, 2.05) is 24.8 Å². The van der Waals surface area contributed by atoms with E-state index in [1.165, 1.54) is 25.0 Å². The maximum absolute atomic E-state index is 15.1. The van der Waals surface area contributed by atoms with Gasteiger partial charge in [-0.1, -0.05) is 6.07 Å². The van der Waals surface area contributed by atoms with E-state index in [1.54, 1.807) is 12.1 Å².